The zero-order valence-corrected chi connectivity index (χ0v) is 8.23. The molecule has 0 saturated heterocycles. The second-order valence-corrected chi connectivity index (χ2v) is 3.28. The fourth-order valence-corrected chi connectivity index (χ4v) is 1.34. The summed E-state index contributed by atoms with van der Waals surface area (Å²) in [4.78, 5) is 4.07. The Labute approximate surface area is 82.4 Å². The third kappa shape index (κ3) is 1.46. The van der Waals surface area contributed by atoms with Crippen LogP contribution >= 0.6 is 0 Å². The lowest BCUT2D eigenvalue weighted by Crippen LogP contribution is -1.99. The normalized spacial score (nSPS) is 10.4. The third-order valence-electron chi connectivity index (χ3n) is 2.09. The van der Waals surface area contributed by atoms with Gasteiger partial charge in [0.15, 0.2) is 0 Å². The highest BCUT2D eigenvalue weighted by Crippen LogP contribution is 2.16. The molecule has 0 saturated carbocycles. The number of hydrogen-bond acceptors (Lipinski definition) is 3. The van der Waals surface area contributed by atoms with E-state index in [0.29, 0.717) is 0 Å². The Morgan fingerprint density at radius 2 is 2.07 bits per heavy atom. The molecule has 4 nitrogen and oxygen atoms in total. The van der Waals surface area contributed by atoms with Crippen LogP contribution in [0.4, 0.5) is 5.69 Å². The number of rotatable bonds is 1. The van der Waals surface area contributed by atoms with Gasteiger partial charge in [-0.05, 0) is 31.5 Å². The minimum Gasteiger partial charge on any atom is -0.399 e. The predicted octanol–water partition coefficient (Wildman–Crippen LogP) is 1.47. The lowest BCUT2D eigenvalue weighted by molar-refractivity contribution is 0.856. The van der Waals surface area contributed by atoms with Crippen LogP contribution in [0.15, 0.2) is 24.5 Å². The highest BCUT2D eigenvalue weighted by molar-refractivity contribution is 5.51. The molecule has 0 radical (unpaired) electrons. The molecular formula is C10H12N4. The quantitative estimate of drug-likeness (QED) is 0.689. The second kappa shape index (κ2) is 3.14. The maximum atomic E-state index is 5.71. The van der Waals surface area contributed by atoms with Gasteiger partial charge in [-0.15, -0.1) is 0 Å². The molecular weight excluding hydrogens is 176 g/mol. The first-order valence-corrected chi connectivity index (χ1v) is 4.41. The van der Waals surface area contributed by atoms with Crippen LogP contribution in [0.5, 0.6) is 0 Å². The van der Waals surface area contributed by atoms with Crippen molar-refractivity contribution in [3.05, 3.63) is 35.9 Å². The molecule has 0 spiro atoms. The van der Waals surface area contributed by atoms with Crippen LogP contribution in [0, 0.1) is 13.8 Å². The van der Waals surface area contributed by atoms with Crippen LogP contribution in [-0.4, -0.2) is 14.8 Å². The van der Waals surface area contributed by atoms with Crippen molar-refractivity contribution in [1.29, 1.82) is 0 Å². The monoisotopic (exact) mass is 188 g/mol. The number of anilines is 1. The van der Waals surface area contributed by atoms with Crippen LogP contribution in [0.25, 0.3) is 5.69 Å². The Kier molecular flexibility index (Phi) is 1.96. The highest BCUT2D eigenvalue weighted by Gasteiger charge is 2.03. The number of nitrogens with zero attached hydrogens (tertiary/aromatic N) is 3. The van der Waals surface area contributed by atoms with Gasteiger partial charge in [-0.3, -0.25) is 0 Å². The van der Waals surface area contributed by atoms with Crippen molar-refractivity contribution in [2.75, 3.05) is 5.73 Å². The van der Waals surface area contributed by atoms with E-state index in [9.17, 15) is 0 Å². The van der Waals surface area contributed by atoms with Crippen molar-refractivity contribution >= 4 is 5.69 Å². The van der Waals surface area contributed by atoms with Gasteiger partial charge in [0.05, 0.1) is 5.69 Å². The Bertz CT molecular complexity index is 459. The molecule has 2 N–H and O–H groups in total. The topological polar surface area (TPSA) is 56.7 Å². The van der Waals surface area contributed by atoms with E-state index < -0.39 is 0 Å². The molecule has 0 amide bonds. The predicted molar refractivity (Wildman–Crippen MR) is 55.2 cm³/mol. The number of nitrogens with two attached hydrogens (primary N) is 1. The molecule has 14 heavy (non-hydrogen) atoms. The van der Waals surface area contributed by atoms with Gasteiger partial charge in [-0.2, -0.15) is 5.10 Å². The molecule has 1 heterocycles. The van der Waals surface area contributed by atoms with Gasteiger partial charge in [-0.1, -0.05) is 6.07 Å². The molecule has 2 aromatic rings. The summed E-state index contributed by atoms with van der Waals surface area (Å²) in [5.74, 6) is 0.756. The van der Waals surface area contributed by atoms with Crippen molar-refractivity contribution in [1.82, 2.24) is 14.8 Å². The zero-order valence-electron chi connectivity index (χ0n) is 8.23. The van der Waals surface area contributed by atoms with Gasteiger partial charge in [-0.25, -0.2) is 9.67 Å². The maximum Gasteiger partial charge on any atom is 0.147 e. The summed E-state index contributed by atoms with van der Waals surface area (Å²) in [5.41, 5.74) is 8.55. The van der Waals surface area contributed by atoms with E-state index in [4.69, 9.17) is 5.73 Å². The average Bonchev–Trinajstić information content (AvgIpc) is 2.56. The van der Waals surface area contributed by atoms with Crippen molar-refractivity contribution in [2.24, 2.45) is 0 Å². The van der Waals surface area contributed by atoms with Crippen LogP contribution < -0.4 is 5.73 Å². The molecule has 0 aliphatic heterocycles. The first-order chi connectivity index (χ1) is 6.66. The first kappa shape index (κ1) is 8.74. The van der Waals surface area contributed by atoms with Gasteiger partial charge in [0.1, 0.15) is 12.2 Å². The Balaban J connectivity index is 2.55. The van der Waals surface area contributed by atoms with Crippen molar-refractivity contribution < 1.29 is 0 Å². The van der Waals surface area contributed by atoms with Gasteiger partial charge < -0.3 is 5.73 Å². The van der Waals surface area contributed by atoms with E-state index in [1.807, 2.05) is 32.0 Å². The van der Waals surface area contributed by atoms with Crippen molar-refractivity contribution in [3.63, 3.8) is 0 Å². The number of nitrogen functional groups attached to an aromatic ring is 1. The maximum absolute atomic E-state index is 5.71. The van der Waals surface area contributed by atoms with Gasteiger partial charge in [0.2, 0.25) is 0 Å². The van der Waals surface area contributed by atoms with Crippen molar-refractivity contribution in [2.45, 2.75) is 13.8 Å². The molecule has 0 aliphatic carbocycles. The standard InChI is InChI=1S/C10H12N4/c1-7-3-4-9(11)5-10(7)14-6-12-8(2)13-14/h3-6H,11H2,1-2H3. The average molecular weight is 188 g/mol. The lowest BCUT2D eigenvalue weighted by atomic mass is 10.2. The summed E-state index contributed by atoms with van der Waals surface area (Å²) >= 11 is 0. The molecule has 1 aromatic carbocycles. The minimum atomic E-state index is 0.735. The van der Waals surface area contributed by atoms with E-state index in [0.717, 1.165) is 22.8 Å². The van der Waals surface area contributed by atoms with E-state index >= 15 is 0 Å². The summed E-state index contributed by atoms with van der Waals surface area (Å²) in [6, 6.07) is 5.74. The summed E-state index contributed by atoms with van der Waals surface area (Å²) in [7, 11) is 0. The number of benzene rings is 1. The summed E-state index contributed by atoms with van der Waals surface area (Å²) in [5, 5.41) is 4.23. The fourth-order valence-electron chi connectivity index (χ4n) is 1.34. The van der Waals surface area contributed by atoms with Gasteiger partial charge in [0.25, 0.3) is 0 Å². The molecule has 4 heteroatoms. The second-order valence-electron chi connectivity index (χ2n) is 3.28. The molecule has 0 aliphatic rings. The van der Waals surface area contributed by atoms with Gasteiger partial charge in [0, 0.05) is 5.69 Å². The van der Waals surface area contributed by atoms with Crippen molar-refractivity contribution in [3.8, 4) is 5.69 Å². The van der Waals surface area contributed by atoms with Crippen LogP contribution in [0.2, 0.25) is 0 Å². The molecule has 0 unspecified atom stereocenters. The van der Waals surface area contributed by atoms with Crippen LogP contribution in [0.3, 0.4) is 0 Å². The van der Waals surface area contributed by atoms with Crippen LogP contribution in [-0.2, 0) is 0 Å². The summed E-state index contributed by atoms with van der Waals surface area (Å²) < 4.78 is 1.74. The van der Waals surface area contributed by atoms with Crippen LogP contribution in [0.1, 0.15) is 11.4 Å². The summed E-state index contributed by atoms with van der Waals surface area (Å²) in [6.07, 6.45) is 1.69. The third-order valence-corrected chi connectivity index (χ3v) is 2.09. The molecule has 2 rings (SSSR count). The molecule has 0 fully saturated rings. The Morgan fingerprint density at radius 1 is 1.29 bits per heavy atom. The van der Waals surface area contributed by atoms with E-state index in [2.05, 4.69) is 10.1 Å². The zero-order chi connectivity index (χ0) is 10.1. The van der Waals surface area contributed by atoms with E-state index in [1.54, 1.807) is 11.0 Å². The van der Waals surface area contributed by atoms with E-state index in [-0.39, 0.29) is 0 Å². The molecule has 72 valence electrons. The molecule has 0 atom stereocenters. The Hall–Kier alpha value is -1.84. The minimum absolute atomic E-state index is 0.735. The molecule has 1 aromatic heterocycles. The first-order valence-electron chi connectivity index (χ1n) is 4.41. The van der Waals surface area contributed by atoms with Gasteiger partial charge >= 0.3 is 0 Å². The lowest BCUT2D eigenvalue weighted by Gasteiger charge is -2.05. The number of hydrogen-bond donors (Lipinski definition) is 1. The SMILES string of the molecule is Cc1ncn(-c2cc(N)ccc2C)n1. The summed E-state index contributed by atoms with van der Waals surface area (Å²) in [6.45, 7) is 3.88. The number of aromatic nitrogens is 3. The smallest absolute Gasteiger partial charge is 0.147 e. The highest BCUT2D eigenvalue weighted by atomic mass is 15.3. The largest absolute Gasteiger partial charge is 0.399 e. The fraction of sp³-hybridized carbons (Fsp3) is 0.200. The number of aryl methyl sites for hydroxylation is 2. The molecule has 0 bridgehead atoms. The Morgan fingerprint density at radius 3 is 2.71 bits per heavy atom. The van der Waals surface area contributed by atoms with E-state index in [1.165, 1.54) is 0 Å².